The lowest BCUT2D eigenvalue weighted by molar-refractivity contribution is 1.10. The molecule has 4 heteroatoms. The summed E-state index contributed by atoms with van der Waals surface area (Å²) in [5.74, 6) is 0. The normalized spacial score (nSPS) is 11.4. The van der Waals surface area contributed by atoms with E-state index in [0.717, 1.165) is 93.9 Å². The molecule has 0 aliphatic heterocycles. The van der Waals surface area contributed by atoms with Gasteiger partial charge in [-0.2, -0.15) is 5.26 Å². The molecule has 0 aliphatic rings. The van der Waals surface area contributed by atoms with Crippen molar-refractivity contribution in [2.45, 2.75) is 34.6 Å². The van der Waals surface area contributed by atoms with Gasteiger partial charge < -0.3 is 9.13 Å². The molecule has 0 saturated heterocycles. The Morgan fingerprint density at radius 2 is 0.718 bits per heavy atom. The average Bonchev–Trinajstić information content (AvgIpc) is 3.89. The van der Waals surface area contributed by atoms with Crippen LogP contribution in [-0.4, -0.2) is 9.13 Å². The van der Waals surface area contributed by atoms with Gasteiger partial charge in [0.05, 0.1) is 51.6 Å². The van der Waals surface area contributed by atoms with Crippen LogP contribution in [0, 0.1) is 52.5 Å². The summed E-state index contributed by atoms with van der Waals surface area (Å²) < 4.78 is 4.78. The Bertz CT molecular complexity index is 4050. The first-order valence-electron chi connectivity index (χ1n) is 24.2. The average molecular weight is 909 g/mol. The van der Waals surface area contributed by atoms with E-state index < -0.39 is 0 Å². The van der Waals surface area contributed by atoms with Gasteiger partial charge in [0, 0.05) is 21.5 Å². The van der Waals surface area contributed by atoms with Gasteiger partial charge in [-0.1, -0.05) is 127 Å². The third-order valence-corrected chi connectivity index (χ3v) is 14.6. The lowest BCUT2D eigenvalue weighted by Gasteiger charge is -2.20. The first kappa shape index (κ1) is 43.1. The van der Waals surface area contributed by atoms with Gasteiger partial charge in [0.2, 0.25) is 0 Å². The van der Waals surface area contributed by atoms with E-state index in [1.807, 2.05) is 19.1 Å². The van der Waals surface area contributed by atoms with Crippen LogP contribution < -0.4 is 0 Å². The van der Waals surface area contributed by atoms with Gasteiger partial charge in [0.15, 0.2) is 5.69 Å². The zero-order valence-electron chi connectivity index (χ0n) is 40.3. The second-order valence-electron chi connectivity index (χ2n) is 19.0. The van der Waals surface area contributed by atoms with Crippen molar-refractivity contribution >= 4 is 49.3 Å². The summed E-state index contributed by atoms with van der Waals surface area (Å²) in [6, 6.07) is 74.3. The van der Waals surface area contributed by atoms with E-state index in [0.29, 0.717) is 11.3 Å². The van der Waals surface area contributed by atoms with Crippen LogP contribution in [0.1, 0.15) is 33.4 Å². The molecule has 12 aromatic rings. The maximum atomic E-state index is 10.2. The Balaban J connectivity index is 1.22. The summed E-state index contributed by atoms with van der Waals surface area (Å²) in [6.45, 7) is 19.5. The second kappa shape index (κ2) is 17.1. The molecule has 336 valence electrons. The van der Waals surface area contributed by atoms with E-state index in [1.165, 1.54) is 44.5 Å². The van der Waals surface area contributed by atoms with Crippen molar-refractivity contribution in [3.63, 3.8) is 0 Å². The quantitative estimate of drug-likeness (QED) is 0.147. The number of aromatic nitrogens is 2. The van der Waals surface area contributed by atoms with Crippen molar-refractivity contribution in [3.8, 4) is 73.1 Å². The molecule has 2 heterocycles. The minimum Gasteiger partial charge on any atom is -0.308 e. The van der Waals surface area contributed by atoms with Crippen LogP contribution in [0.2, 0.25) is 0 Å². The van der Waals surface area contributed by atoms with Crippen molar-refractivity contribution in [2.75, 3.05) is 0 Å². The predicted octanol–water partition coefficient (Wildman–Crippen LogP) is 18.2. The highest BCUT2D eigenvalue weighted by atomic mass is 15.1. The number of hydrogen-bond acceptors (Lipinski definition) is 1. The van der Waals surface area contributed by atoms with Crippen LogP contribution in [0.4, 0.5) is 5.69 Å². The third-order valence-electron chi connectivity index (χ3n) is 14.6. The molecule has 10 aromatic carbocycles. The lowest BCUT2D eigenvalue weighted by Crippen LogP contribution is -2.04. The Labute approximate surface area is 414 Å². The maximum Gasteiger partial charge on any atom is 0.197 e. The topological polar surface area (TPSA) is 38.0 Å². The highest BCUT2D eigenvalue weighted by molar-refractivity contribution is 6.14. The van der Waals surface area contributed by atoms with Crippen LogP contribution in [0.3, 0.4) is 0 Å². The first-order valence-corrected chi connectivity index (χ1v) is 24.2. The van der Waals surface area contributed by atoms with Crippen LogP contribution in [-0.2, 0) is 0 Å². The fourth-order valence-corrected chi connectivity index (χ4v) is 11.1. The highest BCUT2D eigenvalue weighted by Crippen LogP contribution is 2.46. The maximum absolute atomic E-state index is 10.2. The molecule has 4 nitrogen and oxygen atoms in total. The zero-order valence-corrected chi connectivity index (χ0v) is 40.3. The molecule has 71 heavy (non-hydrogen) atoms. The molecule has 0 spiro atoms. The summed E-state index contributed by atoms with van der Waals surface area (Å²) in [5.41, 5.74) is 23.9. The summed E-state index contributed by atoms with van der Waals surface area (Å²) in [4.78, 5) is 4.29. The number of benzene rings is 10. The smallest absolute Gasteiger partial charge is 0.197 e. The third kappa shape index (κ3) is 7.20. The number of nitriles is 1. The molecule has 0 saturated carbocycles. The molecule has 0 aliphatic carbocycles. The molecular weight excluding hydrogens is 861 g/mol. The summed E-state index contributed by atoms with van der Waals surface area (Å²) in [5, 5.41) is 14.7. The van der Waals surface area contributed by atoms with Gasteiger partial charge in [-0.3, -0.25) is 0 Å². The summed E-state index contributed by atoms with van der Waals surface area (Å²) >= 11 is 0. The van der Waals surface area contributed by atoms with Crippen LogP contribution in [0.5, 0.6) is 0 Å². The van der Waals surface area contributed by atoms with E-state index >= 15 is 0 Å². The van der Waals surface area contributed by atoms with Crippen molar-refractivity contribution in [1.29, 1.82) is 5.26 Å². The second-order valence-corrected chi connectivity index (χ2v) is 19.0. The van der Waals surface area contributed by atoms with Crippen molar-refractivity contribution < 1.29 is 0 Å². The van der Waals surface area contributed by atoms with Crippen LogP contribution in [0.25, 0.3) is 115 Å². The van der Waals surface area contributed by atoms with E-state index in [1.54, 1.807) is 0 Å². The summed E-state index contributed by atoms with van der Waals surface area (Å²) in [7, 11) is 0. The molecule has 0 radical (unpaired) electrons. The standard InChI is InChI=1S/C67H48N4/c1-41-31-46(40-68)33-51(32-41)56-38-66(70-62-27-23-47(52-19-11-7-15-42(52)2)34-57(62)58-35-48(24-28-63(58)70)53-20-12-8-16-43(53)3)67(39-61(56)69-6)71-64-29-25-49(54-21-13-9-17-44(54)4)36-59(64)60-37-50(26-30-65(60)71)55-22-14-10-18-45(55)5/h7-39H,1-5H3. The van der Waals surface area contributed by atoms with Crippen molar-refractivity contribution in [2.24, 2.45) is 0 Å². The lowest BCUT2D eigenvalue weighted by atomic mass is 9.97. The minimum atomic E-state index is 0.505. The molecule has 0 unspecified atom stereocenters. The van der Waals surface area contributed by atoms with Gasteiger partial charge >= 0.3 is 0 Å². The Hall–Kier alpha value is -9.22. The fourth-order valence-electron chi connectivity index (χ4n) is 11.1. The number of hydrogen-bond donors (Lipinski definition) is 0. The number of rotatable bonds is 7. The van der Waals surface area contributed by atoms with Crippen molar-refractivity contribution in [1.82, 2.24) is 9.13 Å². The zero-order chi connectivity index (χ0) is 48.5. The number of nitrogens with zero attached hydrogens (tertiary/aromatic N) is 4. The Kier molecular flexibility index (Phi) is 10.4. The van der Waals surface area contributed by atoms with Crippen molar-refractivity contribution in [3.05, 3.63) is 245 Å². The van der Waals surface area contributed by atoms with E-state index in [-0.39, 0.29) is 0 Å². The fraction of sp³-hybridized carbons (Fsp3) is 0.0746. The van der Waals surface area contributed by atoms with Gasteiger partial charge in [-0.25, -0.2) is 4.85 Å². The molecule has 0 fully saturated rings. The first-order chi connectivity index (χ1) is 34.7. The largest absolute Gasteiger partial charge is 0.308 e. The Morgan fingerprint density at radius 1 is 0.366 bits per heavy atom. The van der Waals surface area contributed by atoms with Gasteiger partial charge in [0.25, 0.3) is 0 Å². The molecule has 0 amide bonds. The molecule has 0 bridgehead atoms. The molecular formula is C67H48N4. The highest BCUT2D eigenvalue weighted by Gasteiger charge is 2.24. The minimum absolute atomic E-state index is 0.505. The Morgan fingerprint density at radius 3 is 1.06 bits per heavy atom. The molecule has 0 N–H and O–H groups in total. The monoisotopic (exact) mass is 908 g/mol. The van der Waals surface area contributed by atoms with E-state index in [9.17, 15) is 5.26 Å². The number of aryl methyl sites for hydroxylation is 5. The molecule has 12 rings (SSSR count). The van der Waals surface area contributed by atoms with Gasteiger partial charge in [0.1, 0.15) is 0 Å². The van der Waals surface area contributed by atoms with Crippen LogP contribution >= 0.6 is 0 Å². The summed E-state index contributed by atoms with van der Waals surface area (Å²) in [6.07, 6.45) is 0. The predicted molar refractivity (Wildman–Crippen MR) is 297 cm³/mol. The van der Waals surface area contributed by atoms with E-state index in [2.05, 4.69) is 236 Å². The SMILES string of the molecule is [C-]#[N+]c1cc(-n2c3ccc(-c4ccccc4C)cc3c3cc(-c4ccccc4C)ccc32)c(-n2c3ccc(-c4ccccc4C)cc3c3cc(-c4ccccc4C)ccc32)cc1-c1cc(C)cc(C#N)c1. The van der Waals surface area contributed by atoms with Crippen LogP contribution in [0.15, 0.2) is 200 Å². The molecule has 0 atom stereocenters. The number of fused-ring (bicyclic) bond motifs is 6. The van der Waals surface area contributed by atoms with Gasteiger partial charge in [-0.05, 0) is 191 Å². The van der Waals surface area contributed by atoms with Gasteiger partial charge in [-0.15, -0.1) is 0 Å². The van der Waals surface area contributed by atoms with E-state index in [4.69, 9.17) is 6.57 Å². The molecule has 2 aromatic heterocycles.